The molecule has 0 saturated heterocycles. The van der Waals surface area contributed by atoms with Crippen LogP contribution in [0.2, 0.25) is 0 Å². The highest BCUT2D eigenvalue weighted by atomic mass is 18.0. The van der Waals surface area contributed by atoms with Gasteiger partial charge in [-0.1, -0.05) is 5.16 Å². The van der Waals surface area contributed by atoms with Gasteiger partial charge in [-0.3, -0.25) is 0 Å². The standard InChI is InChI=1S/C7H9N3O2.C7H6N2O.H2O32.H2O31/c1-12-5-3-2-4-9-6(5)7(8)10-11;1-10-7-3-2-4-9-6(7)5-8;1-3-5-7-9-11-13-15-17-19-21-23-25-27-29-31-32-30-28-26-24-22-20-18-16-14-12-10-8-6-4-2;1-3-5-7-9-11-13-15-17-19-21-23-25-27-29-31-30-28-26-24-22-20-18-16-14-12-10-8-6-4-2/h2-4,11H,1H3,(H2,8,10);2-4H,1H3;1-2H;1-2H. The van der Waals surface area contributed by atoms with Crippen LogP contribution in [0.5, 0.6) is 11.5 Å². The van der Waals surface area contributed by atoms with Gasteiger partial charge in [0.05, 0.1) is 14.2 Å². The largest absolute Gasteiger partial charge is 0.494 e. The van der Waals surface area contributed by atoms with E-state index in [-0.39, 0.29) is 5.84 Å². The van der Waals surface area contributed by atoms with Gasteiger partial charge in [0.25, 0.3) is 0 Å². The Morgan fingerprint density at radius 1 is 0.341 bits per heavy atom. The topological polar surface area (TPSA) is 752 Å². The molecule has 2 aromatic rings. The molecule has 0 fully saturated rings. The lowest BCUT2D eigenvalue weighted by molar-refractivity contribution is -0.905. The van der Waals surface area contributed by atoms with Gasteiger partial charge in [0.2, 0.25) is 0 Å². The van der Waals surface area contributed by atoms with Crippen molar-refractivity contribution in [3.05, 3.63) is 48.0 Å². The monoisotopic (exact) mass is 1310 g/mol. The van der Waals surface area contributed by atoms with Crippen LogP contribution in [0, 0.1) is 11.3 Å². The first kappa shape index (κ1) is 81.2. The van der Waals surface area contributed by atoms with E-state index in [1.165, 1.54) is 20.4 Å². The molecule has 2 rings (SSSR count). The van der Waals surface area contributed by atoms with Crippen molar-refractivity contribution in [3.8, 4) is 17.6 Å². The van der Waals surface area contributed by atoms with Gasteiger partial charge >= 0.3 is 0 Å². The number of nitrogens with two attached hydrogens (primary N) is 1. The van der Waals surface area contributed by atoms with Crippen LogP contribution in [0.15, 0.2) is 41.8 Å². The quantitative estimate of drug-likeness (QED) is 0.00969. The first-order chi connectivity index (χ1) is 42.0. The van der Waals surface area contributed by atoms with Crippen molar-refractivity contribution in [2.24, 2.45) is 10.9 Å². The van der Waals surface area contributed by atoms with Crippen molar-refractivity contribution in [3.63, 3.8) is 0 Å². The Balaban J connectivity index is 0. The molecule has 0 bridgehead atoms. The average molecular weight is 1310 g/mol. The van der Waals surface area contributed by atoms with Crippen LogP contribution in [0.25, 0.3) is 0 Å². The Morgan fingerprint density at radius 3 is 0.694 bits per heavy atom. The third-order valence-corrected chi connectivity index (χ3v) is 4.03. The van der Waals surface area contributed by atoms with Gasteiger partial charge in [-0.25, -0.2) is 31.0 Å². The summed E-state index contributed by atoms with van der Waals surface area (Å²) in [4.78, 5) is 7.66. The van der Waals surface area contributed by atoms with E-state index in [1.54, 1.807) is 30.5 Å². The Labute approximate surface area is 446 Å². The third kappa shape index (κ3) is 62.5. The molecule has 0 aromatic carbocycles. The second kappa shape index (κ2) is 72.4. The molecular weight excluding hydrogens is 1290 g/mol. The highest BCUT2D eigenvalue weighted by molar-refractivity contribution is 5.97. The van der Waals surface area contributed by atoms with Gasteiger partial charge in [0.15, 0.2) is 23.0 Å². The van der Waals surface area contributed by atoms with E-state index < -0.39 is 0 Å². The first-order valence-electron chi connectivity index (χ1n) is 16.3. The second-order valence-corrected chi connectivity index (χ2v) is 7.75. The van der Waals surface area contributed by atoms with Gasteiger partial charge < -0.3 is 20.4 Å². The van der Waals surface area contributed by atoms with Crippen molar-refractivity contribution >= 4 is 5.84 Å². The molecule has 0 aliphatic heterocycles. The minimum Gasteiger partial charge on any atom is -0.494 e. The average Bonchev–Trinajstić information content (AvgIpc) is 3.63. The number of nitriles is 1. The summed E-state index contributed by atoms with van der Waals surface area (Å²) >= 11 is 0. The smallest absolute Gasteiger partial charge is 0.192 e. The fraction of sp³-hybridized carbons (Fsp3) is 0.143. The van der Waals surface area contributed by atoms with Crippen molar-refractivity contribution in [1.29, 1.82) is 5.26 Å². The van der Waals surface area contributed by atoms with Gasteiger partial charge in [-0.05, 0) is 185 Å². The molecule has 0 aliphatic carbocycles. The zero-order chi connectivity index (χ0) is 62.1. The Hall–Kier alpha value is -5.86. The van der Waals surface area contributed by atoms with Crippen LogP contribution in [-0.4, -0.2) is 56.3 Å². The molecular formula is C14H19N5O66. The number of oxime groups is 1. The third-order valence-electron chi connectivity index (χ3n) is 4.03. The molecule has 2 aromatic heterocycles. The van der Waals surface area contributed by atoms with Crippen LogP contribution >= 0.6 is 0 Å². The lowest BCUT2D eigenvalue weighted by atomic mass is 10.3. The molecule has 2 heterocycles. The van der Waals surface area contributed by atoms with Crippen molar-refractivity contribution in [1.82, 2.24) is 9.97 Å². The predicted molar refractivity (Wildman–Crippen MR) is 153 cm³/mol. The van der Waals surface area contributed by atoms with Crippen LogP contribution in [0.4, 0.5) is 0 Å². The first-order valence-corrected chi connectivity index (χ1v) is 16.3. The molecule has 496 valence electrons. The van der Waals surface area contributed by atoms with Crippen molar-refractivity contribution in [2.75, 3.05) is 14.2 Å². The van der Waals surface area contributed by atoms with Crippen molar-refractivity contribution < 1.29 is 333 Å². The minimum atomic E-state index is -0.0625. The van der Waals surface area contributed by atoms with Crippen LogP contribution in [-0.2, 0) is 297 Å². The summed E-state index contributed by atoms with van der Waals surface area (Å²) < 4.78 is 9.79. The van der Waals surface area contributed by atoms with E-state index >= 15 is 0 Å². The predicted octanol–water partition coefficient (Wildman–Crippen LogP) is -2.85. The normalized spacial score (nSPS) is 11.0. The fourth-order valence-corrected chi connectivity index (χ4v) is 2.06. The molecule has 0 unspecified atom stereocenters. The number of amidine groups is 1. The van der Waals surface area contributed by atoms with E-state index in [4.69, 9.17) is 46.7 Å². The number of hydrogen-bond acceptors (Lipinski definition) is 70. The Kier molecular flexibility index (Phi) is 69.2. The van der Waals surface area contributed by atoms with Gasteiger partial charge in [0, 0.05) is 148 Å². The number of hydrogen-bond donors (Lipinski definition) is 6. The van der Waals surface area contributed by atoms with Gasteiger partial charge in [-0.15, -0.1) is 0 Å². The molecule has 71 heteroatoms. The summed E-state index contributed by atoms with van der Waals surface area (Å²) in [5, 5.41) is 250. The molecule has 0 amide bonds. The molecule has 0 atom stereocenters. The van der Waals surface area contributed by atoms with Crippen LogP contribution < -0.4 is 15.2 Å². The fourth-order valence-electron chi connectivity index (χ4n) is 2.06. The van der Waals surface area contributed by atoms with Crippen molar-refractivity contribution in [2.45, 2.75) is 0 Å². The van der Waals surface area contributed by atoms with E-state index in [1.807, 2.05) is 6.07 Å². The highest BCUT2D eigenvalue weighted by Crippen LogP contribution is 2.14. The summed E-state index contributed by atoms with van der Waals surface area (Å²) in [6.45, 7) is 0. The number of ether oxygens (including phenoxy) is 2. The molecule has 71 nitrogen and oxygen atoms in total. The molecule has 0 aliphatic rings. The zero-order valence-corrected chi connectivity index (χ0v) is 38.0. The number of nitrogens with zero attached hydrogens (tertiary/aromatic N) is 4. The second-order valence-electron chi connectivity index (χ2n) is 7.75. The van der Waals surface area contributed by atoms with E-state index in [2.05, 4.69) is 312 Å². The zero-order valence-electron chi connectivity index (χ0n) is 38.0. The SMILES string of the molecule is COc1cccnc1/C(N)=N/O.COc1cccnc1C#N.OOOOOOOOOOOOOOOOOOOOOOOOOOOOOOO.OOOOOOOOOOOOOOOOOOOOOOOOOOOOOOOO. The number of aromatic nitrogens is 2. The maximum absolute atomic E-state index is 8.46. The molecule has 0 saturated carbocycles. The summed E-state index contributed by atoms with van der Waals surface area (Å²) in [5.41, 5.74) is 5.99. The maximum Gasteiger partial charge on any atom is 0.192 e. The minimum absolute atomic E-state index is 0.0625. The Morgan fingerprint density at radius 2 is 0.529 bits per heavy atom. The molecule has 7 N–H and O–H groups in total. The summed E-state index contributed by atoms with van der Waals surface area (Å²) in [6.07, 6.45) is 3.09. The lowest BCUT2D eigenvalue weighted by Gasteiger charge is -2.03. The number of rotatable bonds is 60. The summed E-state index contributed by atoms with van der Waals surface area (Å²) in [6, 6.07) is 8.71. The van der Waals surface area contributed by atoms with E-state index in [0.29, 0.717) is 22.9 Å². The Bertz CT molecular complexity index is 1610. The lowest BCUT2D eigenvalue weighted by Crippen LogP contribution is -2.15. The van der Waals surface area contributed by atoms with E-state index in [0.717, 1.165) is 0 Å². The maximum atomic E-state index is 8.46. The van der Waals surface area contributed by atoms with Gasteiger partial charge in [0.1, 0.15) is 11.8 Å². The molecule has 0 spiro atoms. The number of methoxy groups -OCH3 is 2. The van der Waals surface area contributed by atoms with Gasteiger partial charge in [-0.2, -0.15) is 5.26 Å². The van der Waals surface area contributed by atoms with Crippen LogP contribution in [0.1, 0.15) is 11.4 Å². The highest BCUT2D eigenvalue weighted by Gasteiger charge is 2.08. The number of pyridine rings is 2. The van der Waals surface area contributed by atoms with E-state index in [9.17, 15) is 0 Å². The van der Waals surface area contributed by atoms with Crippen LogP contribution in [0.3, 0.4) is 0 Å². The summed E-state index contributed by atoms with van der Waals surface area (Å²) in [7, 11) is 3.00. The summed E-state index contributed by atoms with van der Waals surface area (Å²) in [5.74, 6) is 0.935. The molecule has 85 heavy (non-hydrogen) atoms. The molecule has 0 radical (unpaired) electrons.